The number of fused-ring (bicyclic) bond motifs is 1. The fourth-order valence-corrected chi connectivity index (χ4v) is 4.76. The van der Waals surface area contributed by atoms with Crippen molar-refractivity contribution in [3.8, 4) is 22.9 Å². The van der Waals surface area contributed by atoms with E-state index in [2.05, 4.69) is 34.6 Å². The molecule has 0 amide bonds. The normalized spacial score (nSPS) is 12.6. The molecule has 0 N–H and O–H groups in total. The van der Waals surface area contributed by atoms with Crippen LogP contribution in [0.15, 0.2) is 79.0 Å². The maximum atomic E-state index is 14.3. The minimum Gasteiger partial charge on any atom is -0.454 e. The molecule has 0 bridgehead atoms. The zero-order valence-corrected chi connectivity index (χ0v) is 22.2. The van der Waals surface area contributed by atoms with Crippen LogP contribution < -0.4 is 9.47 Å². The molecule has 0 fully saturated rings. The van der Waals surface area contributed by atoms with Crippen molar-refractivity contribution in [2.24, 2.45) is 0 Å². The summed E-state index contributed by atoms with van der Waals surface area (Å²) in [7, 11) is 0. The Bertz CT molecular complexity index is 1400. The Labute approximate surface area is 228 Å². The zero-order valence-electron chi connectivity index (χ0n) is 21.4. The Morgan fingerprint density at radius 1 is 1.03 bits per heavy atom. The van der Waals surface area contributed by atoms with Crippen molar-refractivity contribution in [1.82, 2.24) is 14.5 Å². The van der Waals surface area contributed by atoms with Gasteiger partial charge in [0, 0.05) is 42.3 Å². The van der Waals surface area contributed by atoms with Gasteiger partial charge < -0.3 is 14.0 Å². The van der Waals surface area contributed by atoms with E-state index in [0.29, 0.717) is 30.2 Å². The minimum absolute atomic E-state index is 0.247. The quantitative estimate of drug-likeness (QED) is 0.200. The van der Waals surface area contributed by atoms with Gasteiger partial charge in [-0.1, -0.05) is 79.6 Å². The molecule has 0 atom stereocenters. The van der Waals surface area contributed by atoms with Crippen LogP contribution in [0.3, 0.4) is 0 Å². The number of nitrogens with zero attached hydrogens (tertiary/aromatic N) is 3. The van der Waals surface area contributed by atoms with Crippen molar-refractivity contribution < 1.29 is 13.9 Å². The molecule has 0 saturated carbocycles. The lowest BCUT2D eigenvalue weighted by molar-refractivity contribution is 0.174. The number of ether oxygens (including phenoxy) is 2. The molecule has 0 aliphatic carbocycles. The van der Waals surface area contributed by atoms with Gasteiger partial charge in [0.05, 0.1) is 11.9 Å². The number of rotatable bonds is 11. The van der Waals surface area contributed by atoms with Crippen LogP contribution in [0.2, 0.25) is 5.02 Å². The lowest BCUT2D eigenvalue weighted by Crippen LogP contribution is -2.24. The van der Waals surface area contributed by atoms with Gasteiger partial charge in [0.15, 0.2) is 11.5 Å². The summed E-state index contributed by atoms with van der Waals surface area (Å²) in [6.45, 7) is 5.34. The van der Waals surface area contributed by atoms with Crippen LogP contribution in [0.4, 0.5) is 4.39 Å². The molecule has 5 rings (SSSR count). The van der Waals surface area contributed by atoms with Gasteiger partial charge in [0.2, 0.25) is 6.79 Å². The molecule has 0 unspecified atom stereocenters. The standard InChI is InChI=1S/C31H31ClFN3O2/c1-2-3-16-36-27(19-34-31(36)25-8-5-4-6-9-25)21-35(15-7-10-24-12-13-26(32)18-28(24)33)20-23-11-14-29-30(17-23)38-22-37-29/h4-14,17-19H,2-3,15-16,20-22H2,1H3. The lowest BCUT2D eigenvalue weighted by atomic mass is 10.1. The molecule has 38 heavy (non-hydrogen) atoms. The molecule has 3 aromatic carbocycles. The number of unbranched alkanes of at least 4 members (excludes halogenated alkanes) is 1. The average molecular weight is 532 g/mol. The highest BCUT2D eigenvalue weighted by atomic mass is 35.5. The van der Waals surface area contributed by atoms with E-state index in [-0.39, 0.29) is 12.6 Å². The molecule has 2 heterocycles. The fourth-order valence-electron chi connectivity index (χ4n) is 4.60. The van der Waals surface area contributed by atoms with E-state index < -0.39 is 0 Å². The molecule has 1 aliphatic heterocycles. The van der Waals surface area contributed by atoms with E-state index in [0.717, 1.165) is 53.5 Å². The first-order chi connectivity index (χ1) is 18.6. The molecular weight excluding hydrogens is 501 g/mol. The number of benzene rings is 3. The van der Waals surface area contributed by atoms with Crippen LogP contribution in [-0.2, 0) is 19.6 Å². The van der Waals surface area contributed by atoms with Crippen molar-refractivity contribution in [2.45, 2.75) is 39.4 Å². The van der Waals surface area contributed by atoms with E-state index in [4.69, 9.17) is 26.1 Å². The van der Waals surface area contributed by atoms with Crippen LogP contribution >= 0.6 is 11.6 Å². The molecule has 7 heteroatoms. The van der Waals surface area contributed by atoms with Crippen molar-refractivity contribution >= 4 is 17.7 Å². The van der Waals surface area contributed by atoms with Crippen LogP contribution in [0.25, 0.3) is 17.5 Å². The Kier molecular flexibility index (Phi) is 8.41. The Morgan fingerprint density at radius 3 is 2.68 bits per heavy atom. The number of aromatic nitrogens is 2. The van der Waals surface area contributed by atoms with Gasteiger partial charge in [-0.15, -0.1) is 0 Å². The highest BCUT2D eigenvalue weighted by molar-refractivity contribution is 6.30. The first kappa shape index (κ1) is 26.0. The summed E-state index contributed by atoms with van der Waals surface area (Å²) in [5, 5.41) is 0.388. The van der Waals surface area contributed by atoms with E-state index in [1.807, 2.05) is 48.7 Å². The monoisotopic (exact) mass is 531 g/mol. The van der Waals surface area contributed by atoms with Gasteiger partial charge in [0.25, 0.3) is 0 Å². The van der Waals surface area contributed by atoms with Crippen molar-refractivity contribution in [3.63, 3.8) is 0 Å². The molecule has 196 valence electrons. The maximum absolute atomic E-state index is 14.3. The van der Waals surface area contributed by atoms with E-state index >= 15 is 0 Å². The largest absolute Gasteiger partial charge is 0.454 e. The van der Waals surface area contributed by atoms with Gasteiger partial charge in [-0.3, -0.25) is 4.90 Å². The minimum atomic E-state index is -0.332. The van der Waals surface area contributed by atoms with Gasteiger partial charge >= 0.3 is 0 Å². The zero-order chi connectivity index (χ0) is 26.3. The topological polar surface area (TPSA) is 39.5 Å². The summed E-state index contributed by atoms with van der Waals surface area (Å²) in [5.74, 6) is 2.18. The average Bonchev–Trinajstić information content (AvgIpc) is 3.55. The molecular formula is C31H31ClFN3O2. The Hall–Kier alpha value is -3.61. The molecule has 0 radical (unpaired) electrons. The van der Waals surface area contributed by atoms with Gasteiger partial charge in [-0.25, -0.2) is 9.37 Å². The molecule has 0 spiro atoms. The third-order valence-electron chi connectivity index (χ3n) is 6.56. The SMILES string of the molecule is CCCCn1c(CN(CC=Cc2ccc(Cl)cc2F)Cc2ccc3c(c2)OCO3)cnc1-c1ccccc1. The van der Waals surface area contributed by atoms with E-state index in [1.54, 1.807) is 12.1 Å². The van der Waals surface area contributed by atoms with Crippen LogP contribution in [0.5, 0.6) is 11.5 Å². The van der Waals surface area contributed by atoms with Crippen LogP contribution in [0.1, 0.15) is 36.6 Å². The van der Waals surface area contributed by atoms with Gasteiger partial charge in [-0.05, 0) is 36.2 Å². The number of hydrogen-bond donors (Lipinski definition) is 0. The first-order valence-corrected chi connectivity index (χ1v) is 13.3. The van der Waals surface area contributed by atoms with Gasteiger partial charge in [0.1, 0.15) is 11.6 Å². The second-order valence-electron chi connectivity index (χ2n) is 9.37. The maximum Gasteiger partial charge on any atom is 0.231 e. The molecule has 0 saturated heterocycles. The summed E-state index contributed by atoms with van der Waals surface area (Å²) >= 11 is 5.92. The summed E-state index contributed by atoms with van der Waals surface area (Å²) in [6.07, 6.45) is 7.95. The predicted molar refractivity (Wildman–Crippen MR) is 150 cm³/mol. The molecule has 4 aromatic rings. The Morgan fingerprint density at radius 2 is 1.87 bits per heavy atom. The lowest BCUT2D eigenvalue weighted by Gasteiger charge is -2.22. The van der Waals surface area contributed by atoms with Crippen LogP contribution in [-0.4, -0.2) is 27.8 Å². The first-order valence-electron chi connectivity index (χ1n) is 12.9. The second kappa shape index (κ2) is 12.3. The van der Waals surface area contributed by atoms with Crippen molar-refractivity contribution in [3.05, 3.63) is 107 Å². The molecule has 5 nitrogen and oxygen atoms in total. The van der Waals surface area contributed by atoms with E-state index in [1.165, 1.54) is 6.07 Å². The number of hydrogen-bond acceptors (Lipinski definition) is 4. The highest BCUT2D eigenvalue weighted by Crippen LogP contribution is 2.33. The third kappa shape index (κ3) is 6.26. The second-order valence-corrected chi connectivity index (χ2v) is 9.81. The van der Waals surface area contributed by atoms with Crippen LogP contribution in [0, 0.1) is 5.82 Å². The number of halogens is 2. The summed E-state index contributed by atoms with van der Waals surface area (Å²) < 4.78 is 27.7. The predicted octanol–water partition coefficient (Wildman–Crippen LogP) is 7.59. The summed E-state index contributed by atoms with van der Waals surface area (Å²) in [4.78, 5) is 7.13. The van der Waals surface area contributed by atoms with Gasteiger partial charge in [-0.2, -0.15) is 0 Å². The van der Waals surface area contributed by atoms with Crippen molar-refractivity contribution in [1.29, 1.82) is 0 Å². The smallest absolute Gasteiger partial charge is 0.231 e. The van der Waals surface area contributed by atoms with E-state index in [9.17, 15) is 4.39 Å². The highest BCUT2D eigenvalue weighted by Gasteiger charge is 2.17. The summed E-state index contributed by atoms with van der Waals surface area (Å²) in [5.41, 5.74) is 3.87. The third-order valence-corrected chi connectivity index (χ3v) is 6.79. The number of imidazole rings is 1. The molecule has 1 aromatic heterocycles. The molecule has 1 aliphatic rings. The van der Waals surface area contributed by atoms with Crippen molar-refractivity contribution in [2.75, 3.05) is 13.3 Å². The summed E-state index contributed by atoms with van der Waals surface area (Å²) in [6, 6.07) is 21.1. The fraction of sp³-hybridized carbons (Fsp3) is 0.258. The Balaban J connectivity index is 1.41.